The summed E-state index contributed by atoms with van der Waals surface area (Å²) in [5.74, 6) is -0.954. The van der Waals surface area contributed by atoms with Crippen molar-refractivity contribution in [1.29, 1.82) is 0 Å². The van der Waals surface area contributed by atoms with Crippen LogP contribution in [0, 0.1) is 0 Å². The number of carboxylic acids is 1. The molecule has 1 heterocycles. The van der Waals surface area contributed by atoms with Gasteiger partial charge in [0.15, 0.2) is 0 Å². The van der Waals surface area contributed by atoms with Gasteiger partial charge in [0, 0.05) is 18.5 Å². The average molecular weight is 225 g/mol. The Morgan fingerprint density at radius 3 is 2.79 bits per heavy atom. The molecule has 0 aliphatic heterocycles. The van der Waals surface area contributed by atoms with Crippen LogP contribution < -0.4 is 39.4 Å². The van der Waals surface area contributed by atoms with E-state index in [9.17, 15) is 9.90 Å². The van der Waals surface area contributed by atoms with E-state index in [0.717, 1.165) is 0 Å². The molecule has 0 aromatic carbocycles. The van der Waals surface area contributed by atoms with E-state index in [4.69, 9.17) is 16.3 Å². The molecule has 0 amide bonds. The van der Waals surface area contributed by atoms with Crippen LogP contribution in [-0.4, -0.2) is 23.0 Å². The number of nitrogens with zero attached hydrogens (tertiary/aromatic N) is 2. The summed E-state index contributed by atoms with van der Waals surface area (Å²) in [4.78, 5) is 17.6. The molecule has 1 aromatic heterocycles. The summed E-state index contributed by atoms with van der Waals surface area (Å²) in [6.07, 6.45) is -0.378. The standard InChI is InChI=1S/C7H7ClN2O3.Na/c1-13-6-2-4(8)9-5(10-6)3-7(11)12;/h2H,3H2,1H3,(H,11,12);/q;+1/p-1. The number of aliphatic carboxylic acids is 1. The van der Waals surface area contributed by atoms with Crippen molar-refractivity contribution in [2.24, 2.45) is 0 Å². The summed E-state index contributed by atoms with van der Waals surface area (Å²) in [5.41, 5.74) is 0. The molecule has 0 radical (unpaired) electrons. The van der Waals surface area contributed by atoms with Gasteiger partial charge in [-0.05, 0) is 0 Å². The van der Waals surface area contributed by atoms with Crippen LogP contribution in [0.4, 0.5) is 0 Å². The Morgan fingerprint density at radius 2 is 2.29 bits per heavy atom. The monoisotopic (exact) mass is 224 g/mol. The average Bonchev–Trinajstić information content (AvgIpc) is 2.01. The Labute approximate surface area is 108 Å². The van der Waals surface area contributed by atoms with Gasteiger partial charge in [0.2, 0.25) is 5.88 Å². The van der Waals surface area contributed by atoms with Crippen molar-refractivity contribution < 1.29 is 44.2 Å². The second-order valence-electron chi connectivity index (χ2n) is 2.20. The van der Waals surface area contributed by atoms with Gasteiger partial charge in [-0.25, -0.2) is 4.98 Å². The summed E-state index contributed by atoms with van der Waals surface area (Å²) in [5, 5.41) is 10.3. The Morgan fingerprint density at radius 1 is 1.64 bits per heavy atom. The minimum Gasteiger partial charge on any atom is -0.550 e. The second-order valence-corrected chi connectivity index (χ2v) is 2.59. The van der Waals surface area contributed by atoms with Gasteiger partial charge in [-0.3, -0.25) is 0 Å². The number of carboxylic acid groups (broad SMARTS) is 1. The van der Waals surface area contributed by atoms with Gasteiger partial charge in [-0.15, -0.1) is 0 Å². The summed E-state index contributed by atoms with van der Waals surface area (Å²) in [6.45, 7) is 0. The van der Waals surface area contributed by atoms with E-state index in [1.165, 1.54) is 13.2 Å². The molecule has 0 saturated heterocycles. The van der Waals surface area contributed by atoms with Crippen molar-refractivity contribution in [3.8, 4) is 5.88 Å². The Balaban J connectivity index is 0.00000169. The molecule has 0 unspecified atom stereocenters. The normalized spacial score (nSPS) is 9.00. The quantitative estimate of drug-likeness (QED) is 0.392. The van der Waals surface area contributed by atoms with Crippen LogP contribution in [0.1, 0.15) is 5.82 Å². The first-order chi connectivity index (χ1) is 6.11. The molecular weight excluding hydrogens is 219 g/mol. The van der Waals surface area contributed by atoms with Crippen molar-refractivity contribution >= 4 is 17.6 Å². The van der Waals surface area contributed by atoms with Crippen LogP contribution >= 0.6 is 11.6 Å². The van der Waals surface area contributed by atoms with E-state index < -0.39 is 5.97 Å². The van der Waals surface area contributed by atoms with E-state index in [2.05, 4.69) is 9.97 Å². The smallest absolute Gasteiger partial charge is 0.550 e. The van der Waals surface area contributed by atoms with E-state index in [1.807, 2.05) is 0 Å². The van der Waals surface area contributed by atoms with E-state index in [-0.39, 0.29) is 52.8 Å². The first kappa shape index (κ1) is 13.6. The third-order valence-corrected chi connectivity index (χ3v) is 1.42. The molecule has 0 fully saturated rings. The van der Waals surface area contributed by atoms with Crippen molar-refractivity contribution in [3.05, 3.63) is 17.0 Å². The summed E-state index contributed by atoms with van der Waals surface area (Å²) >= 11 is 5.57. The largest absolute Gasteiger partial charge is 1.00 e. The molecule has 0 aliphatic rings. The van der Waals surface area contributed by atoms with Gasteiger partial charge in [-0.1, -0.05) is 11.6 Å². The topological polar surface area (TPSA) is 75.1 Å². The maximum absolute atomic E-state index is 10.2. The zero-order valence-corrected chi connectivity index (χ0v) is 10.5. The van der Waals surface area contributed by atoms with E-state index in [0.29, 0.717) is 0 Å². The number of aromatic nitrogens is 2. The first-order valence-electron chi connectivity index (χ1n) is 3.39. The van der Waals surface area contributed by atoms with Crippen molar-refractivity contribution in [2.75, 3.05) is 7.11 Å². The fourth-order valence-corrected chi connectivity index (χ4v) is 0.946. The third-order valence-electron chi connectivity index (χ3n) is 1.23. The zero-order valence-electron chi connectivity index (χ0n) is 7.78. The van der Waals surface area contributed by atoms with E-state index in [1.54, 1.807) is 0 Å². The molecule has 0 saturated carbocycles. The molecule has 1 aromatic rings. The van der Waals surface area contributed by atoms with Crippen LogP contribution in [0.5, 0.6) is 5.88 Å². The minimum absolute atomic E-state index is 0. The van der Waals surface area contributed by atoms with Crippen molar-refractivity contribution in [3.63, 3.8) is 0 Å². The molecule has 0 bridgehead atoms. The molecule has 0 spiro atoms. The number of hydrogen-bond donors (Lipinski definition) is 0. The van der Waals surface area contributed by atoms with Crippen LogP contribution in [0.25, 0.3) is 0 Å². The molecule has 1 rings (SSSR count). The predicted molar refractivity (Wildman–Crippen MR) is 42.3 cm³/mol. The van der Waals surface area contributed by atoms with Gasteiger partial charge in [0.25, 0.3) is 0 Å². The summed E-state index contributed by atoms with van der Waals surface area (Å²) in [7, 11) is 1.40. The van der Waals surface area contributed by atoms with Gasteiger partial charge >= 0.3 is 29.6 Å². The van der Waals surface area contributed by atoms with Crippen molar-refractivity contribution in [2.45, 2.75) is 6.42 Å². The van der Waals surface area contributed by atoms with Gasteiger partial charge < -0.3 is 14.6 Å². The molecule has 14 heavy (non-hydrogen) atoms. The number of carbonyl (C=O) groups is 1. The molecule has 0 aliphatic carbocycles. The van der Waals surface area contributed by atoms with Crippen LogP contribution in [0.2, 0.25) is 5.15 Å². The number of methoxy groups -OCH3 is 1. The number of ether oxygens (including phenoxy) is 1. The third kappa shape index (κ3) is 4.23. The minimum atomic E-state index is -1.26. The SMILES string of the molecule is COc1cc(Cl)nc(CC(=O)[O-])n1.[Na+]. The number of halogens is 1. The molecule has 70 valence electrons. The van der Waals surface area contributed by atoms with Crippen LogP contribution in [0.3, 0.4) is 0 Å². The van der Waals surface area contributed by atoms with E-state index >= 15 is 0 Å². The number of hydrogen-bond acceptors (Lipinski definition) is 5. The summed E-state index contributed by atoms with van der Waals surface area (Å²) in [6, 6.07) is 1.39. The molecule has 5 nitrogen and oxygen atoms in total. The Bertz CT molecular complexity index is 335. The number of rotatable bonds is 3. The molecule has 0 N–H and O–H groups in total. The number of carbonyl (C=O) groups excluding carboxylic acids is 1. The maximum Gasteiger partial charge on any atom is 1.00 e. The maximum atomic E-state index is 10.2. The second kappa shape index (κ2) is 6.19. The molecular formula is C7H6ClN2NaO3. The van der Waals surface area contributed by atoms with Gasteiger partial charge in [0.05, 0.1) is 7.11 Å². The van der Waals surface area contributed by atoms with Gasteiger partial charge in [0.1, 0.15) is 11.0 Å². The first-order valence-corrected chi connectivity index (χ1v) is 3.77. The van der Waals surface area contributed by atoms with Crippen LogP contribution in [0.15, 0.2) is 6.07 Å². The van der Waals surface area contributed by atoms with Crippen molar-refractivity contribution in [1.82, 2.24) is 9.97 Å². The van der Waals surface area contributed by atoms with Gasteiger partial charge in [-0.2, -0.15) is 4.98 Å². The van der Waals surface area contributed by atoms with Crippen LogP contribution in [-0.2, 0) is 11.2 Å². The zero-order chi connectivity index (χ0) is 9.84. The summed E-state index contributed by atoms with van der Waals surface area (Å²) < 4.78 is 4.77. The predicted octanol–water partition coefficient (Wildman–Crippen LogP) is -3.56. The Kier molecular flexibility index (Phi) is 6.03. The Hall–Kier alpha value is -0.360. The fourth-order valence-electron chi connectivity index (χ4n) is 0.755. The molecule has 7 heteroatoms. The fraction of sp³-hybridized carbons (Fsp3) is 0.286. The molecule has 0 atom stereocenters.